The van der Waals surface area contributed by atoms with Gasteiger partial charge in [-0.15, -0.1) is 0 Å². The van der Waals surface area contributed by atoms with E-state index in [0.717, 1.165) is 6.26 Å². The Kier molecular flexibility index (Phi) is 5.02. The van der Waals surface area contributed by atoms with Gasteiger partial charge in [0.15, 0.2) is 0 Å². The van der Waals surface area contributed by atoms with Crippen molar-refractivity contribution >= 4 is 33.0 Å². The van der Waals surface area contributed by atoms with Crippen LogP contribution in [0.1, 0.15) is 22.8 Å². The summed E-state index contributed by atoms with van der Waals surface area (Å²) in [5.74, 6) is -0.422. The maximum absolute atomic E-state index is 11.9. The Labute approximate surface area is 118 Å². The quantitative estimate of drug-likeness (QED) is 0.772. The van der Waals surface area contributed by atoms with E-state index in [9.17, 15) is 13.2 Å². The standard InChI is InChI=1S/C12H16N2O3S2/c1-8(7-19(2,16)17)14-12(15)10-5-3-9(4-6-10)11(13)18/h3-6,8H,7H2,1-2H3,(H2,13,18)(H,14,15). The second kappa shape index (κ2) is 6.12. The Morgan fingerprint density at radius 3 is 2.21 bits per heavy atom. The molecule has 1 unspecified atom stereocenters. The number of nitrogens with one attached hydrogen (secondary N) is 1. The van der Waals surface area contributed by atoms with E-state index in [1.165, 1.54) is 0 Å². The van der Waals surface area contributed by atoms with Crippen molar-refractivity contribution in [1.82, 2.24) is 5.32 Å². The largest absolute Gasteiger partial charge is 0.389 e. The van der Waals surface area contributed by atoms with Gasteiger partial charge in [-0.05, 0) is 19.1 Å². The van der Waals surface area contributed by atoms with Crippen LogP contribution in [-0.2, 0) is 9.84 Å². The van der Waals surface area contributed by atoms with E-state index >= 15 is 0 Å². The van der Waals surface area contributed by atoms with Crippen molar-refractivity contribution in [3.05, 3.63) is 35.4 Å². The highest BCUT2D eigenvalue weighted by Gasteiger charge is 2.14. The number of rotatable bonds is 5. The number of sulfone groups is 1. The third-order valence-electron chi connectivity index (χ3n) is 2.36. The molecular formula is C12H16N2O3S2. The summed E-state index contributed by atoms with van der Waals surface area (Å²) < 4.78 is 22.2. The molecule has 19 heavy (non-hydrogen) atoms. The number of nitrogens with two attached hydrogens (primary N) is 1. The van der Waals surface area contributed by atoms with E-state index in [-0.39, 0.29) is 16.6 Å². The van der Waals surface area contributed by atoms with Gasteiger partial charge in [-0.2, -0.15) is 0 Å². The molecule has 0 radical (unpaired) electrons. The van der Waals surface area contributed by atoms with Crippen molar-refractivity contribution in [3.8, 4) is 0 Å². The highest BCUT2D eigenvalue weighted by molar-refractivity contribution is 7.90. The van der Waals surface area contributed by atoms with Crippen LogP contribution in [0.2, 0.25) is 0 Å². The van der Waals surface area contributed by atoms with E-state index in [1.807, 2.05) is 0 Å². The number of hydrogen-bond acceptors (Lipinski definition) is 4. The van der Waals surface area contributed by atoms with Gasteiger partial charge in [0.05, 0.1) is 5.75 Å². The smallest absolute Gasteiger partial charge is 0.251 e. The van der Waals surface area contributed by atoms with Gasteiger partial charge >= 0.3 is 0 Å². The van der Waals surface area contributed by atoms with Crippen molar-refractivity contribution in [3.63, 3.8) is 0 Å². The van der Waals surface area contributed by atoms with Crippen LogP contribution in [0.15, 0.2) is 24.3 Å². The first-order valence-corrected chi connectivity index (χ1v) is 8.04. The van der Waals surface area contributed by atoms with Crippen LogP contribution in [-0.4, -0.2) is 37.4 Å². The average Bonchev–Trinajstić information content (AvgIpc) is 2.26. The summed E-state index contributed by atoms with van der Waals surface area (Å²) in [6.45, 7) is 1.64. The van der Waals surface area contributed by atoms with E-state index < -0.39 is 15.9 Å². The first-order valence-electron chi connectivity index (χ1n) is 5.57. The van der Waals surface area contributed by atoms with Gasteiger partial charge in [-0.1, -0.05) is 24.4 Å². The molecular weight excluding hydrogens is 284 g/mol. The van der Waals surface area contributed by atoms with Crippen LogP contribution in [0.5, 0.6) is 0 Å². The summed E-state index contributed by atoms with van der Waals surface area (Å²) in [4.78, 5) is 12.1. The summed E-state index contributed by atoms with van der Waals surface area (Å²) in [5.41, 5.74) is 6.56. The average molecular weight is 300 g/mol. The van der Waals surface area contributed by atoms with Crippen molar-refractivity contribution in [2.24, 2.45) is 5.73 Å². The zero-order valence-corrected chi connectivity index (χ0v) is 12.3. The van der Waals surface area contributed by atoms with Gasteiger partial charge in [-0.3, -0.25) is 4.79 Å². The van der Waals surface area contributed by atoms with Crippen molar-refractivity contribution in [2.75, 3.05) is 12.0 Å². The van der Waals surface area contributed by atoms with E-state index in [0.29, 0.717) is 11.1 Å². The summed E-state index contributed by atoms with van der Waals surface area (Å²) in [7, 11) is -3.12. The van der Waals surface area contributed by atoms with Gasteiger partial charge in [0, 0.05) is 23.4 Å². The lowest BCUT2D eigenvalue weighted by Gasteiger charge is -2.12. The van der Waals surface area contributed by atoms with Gasteiger partial charge in [0.2, 0.25) is 0 Å². The minimum absolute atomic E-state index is 0.0935. The predicted octanol–water partition coefficient (Wildman–Crippen LogP) is 0.484. The Morgan fingerprint density at radius 2 is 1.79 bits per heavy atom. The molecule has 1 rings (SSSR count). The Morgan fingerprint density at radius 1 is 1.32 bits per heavy atom. The second-order valence-electron chi connectivity index (χ2n) is 4.41. The topological polar surface area (TPSA) is 89.3 Å². The maximum atomic E-state index is 11.9. The zero-order chi connectivity index (χ0) is 14.6. The number of carbonyl (C=O) groups is 1. The SMILES string of the molecule is CC(CS(C)(=O)=O)NC(=O)c1ccc(C(N)=S)cc1. The number of benzene rings is 1. The van der Waals surface area contributed by atoms with Crippen molar-refractivity contribution in [2.45, 2.75) is 13.0 Å². The minimum atomic E-state index is -3.12. The molecule has 1 aromatic carbocycles. The third kappa shape index (κ3) is 5.35. The lowest BCUT2D eigenvalue weighted by atomic mass is 10.1. The molecule has 0 aliphatic carbocycles. The first-order chi connectivity index (χ1) is 8.69. The number of carbonyl (C=O) groups excluding carboxylic acids is 1. The Hall–Kier alpha value is -1.47. The fraction of sp³-hybridized carbons (Fsp3) is 0.333. The number of hydrogen-bond donors (Lipinski definition) is 2. The monoisotopic (exact) mass is 300 g/mol. The summed E-state index contributed by atoms with van der Waals surface area (Å²) in [6.07, 6.45) is 1.13. The summed E-state index contributed by atoms with van der Waals surface area (Å²) in [6, 6.07) is 6.04. The third-order valence-corrected chi connectivity index (χ3v) is 3.70. The van der Waals surface area contributed by atoms with E-state index in [2.05, 4.69) is 5.32 Å². The maximum Gasteiger partial charge on any atom is 0.251 e. The molecule has 0 saturated heterocycles. The minimum Gasteiger partial charge on any atom is -0.389 e. The van der Waals surface area contributed by atoms with Gasteiger partial charge in [-0.25, -0.2) is 8.42 Å². The Balaban J connectivity index is 2.70. The lowest BCUT2D eigenvalue weighted by Crippen LogP contribution is -2.37. The van der Waals surface area contributed by atoms with Gasteiger partial charge < -0.3 is 11.1 Å². The normalized spacial score (nSPS) is 12.7. The molecule has 0 saturated carbocycles. The first kappa shape index (κ1) is 15.6. The molecule has 104 valence electrons. The van der Waals surface area contributed by atoms with Gasteiger partial charge in [0.1, 0.15) is 14.8 Å². The summed E-state index contributed by atoms with van der Waals surface area (Å²) in [5, 5.41) is 2.62. The molecule has 0 heterocycles. The molecule has 7 heteroatoms. The molecule has 0 aliphatic rings. The lowest BCUT2D eigenvalue weighted by molar-refractivity contribution is 0.0943. The van der Waals surface area contributed by atoms with Crippen molar-refractivity contribution < 1.29 is 13.2 Å². The molecule has 0 spiro atoms. The molecule has 5 nitrogen and oxygen atoms in total. The second-order valence-corrected chi connectivity index (χ2v) is 7.03. The van der Waals surface area contributed by atoms with Crippen LogP contribution in [0, 0.1) is 0 Å². The molecule has 0 fully saturated rings. The molecule has 1 atom stereocenters. The fourth-order valence-electron chi connectivity index (χ4n) is 1.59. The van der Waals surface area contributed by atoms with E-state index in [4.69, 9.17) is 18.0 Å². The molecule has 1 aromatic rings. The van der Waals surface area contributed by atoms with Crippen LogP contribution in [0.25, 0.3) is 0 Å². The number of thiocarbonyl (C=S) groups is 1. The van der Waals surface area contributed by atoms with Gasteiger partial charge in [0.25, 0.3) is 5.91 Å². The molecule has 0 aliphatic heterocycles. The molecule has 1 amide bonds. The molecule has 0 aromatic heterocycles. The number of amides is 1. The van der Waals surface area contributed by atoms with Crippen LogP contribution in [0.3, 0.4) is 0 Å². The van der Waals surface area contributed by atoms with Crippen molar-refractivity contribution in [1.29, 1.82) is 0 Å². The summed E-state index contributed by atoms with van der Waals surface area (Å²) >= 11 is 4.81. The molecule has 0 bridgehead atoms. The highest BCUT2D eigenvalue weighted by Crippen LogP contribution is 2.05. The zero-order valence-electron chi connectivity index (χ0n) is 10.7. The van der Waals surface area contributed by atoms with Crippen LogP contribution < -0.4 is 11.1 Å². The van der Waals surface area contributed by atoms with Crippen LogP contribution in [0.4, 0.5) is 0 Å². The predicted molar refractivity (Wildman–Crippen MR) is 79.0 cm³/mol. The Bertz CT molecular complexity index is 579. The van der Waals surface area contributed by atoms with Crippen LogP contribution >= 0.6 is 12.2 Å². The molecule has 3 N–H and O–H groups in total. The van der Waals surface area contributed by atoms with E-state index in [1.54, 1.807) is 31.2 Å². The fourth-order valence-corrected chi connectivity index (χ4v) is 2.72. The highest BCUT2D eigenvalue weighted by atomic mass is 32.2.